The third-order valence-electron chi connectivity index (χ3n) is 4.12. The smallest absolute Gasteiger partial charge is 0.265 e. The van der Waals surface area contributed by atoms with Gasteiger partial charge in [0.2, 0.25) is 0 Å². The number of nitrogens with one attached hydrogen (secondary N) is 1. The van der Waals surface area contributed by atoms with E-state index in [-0.39, 0.29) is 12.5 Å². The average molecular weight is 436 g/mol. The van der Waals surface area contributed by atoms with Crippen LogP contribution in [0.5, 0.6) is 11.5 Å². The lowest BCUT2D eigenvalue weighted by atomic mass is 10.1. The van der Waals surface area contributed by atoms with Gasteiger partial charge in [-0.3, -0.25) is 4.79 Å². The Bertz CT molecular complexity index is 1020. The fourth-order valence-corrected chi connectivity index (χ4v) is 3.10. The number of hydrogen-bond donors (Lipinski definition) is 2. The van der Waals surface area contributed by atoms with Crippen molar-refractivity contribution < 1.29 is 23.8 Å². The molecule has 6 nitrogen and oxygen atoms in total. The summed E-state index contributed by atoms with van der Waals surface area (Å²) in [5, 5.41) is 12.8. The number of halogens is 2. The number of ether oxygens (including phenoxy) is 2. The maximum absolute atomic E-state index is 12.6. The maximum atomic E-state index is 12.6. The lowest BCUT2D eigenvalue weighted by Gasteiger charge is -2.16. The number of carbonyl (C=O) groups excluding carboxylic acids is 1. The summed E-state index contributed by atoms with van der Waals surface area (Å²) in [6, 6.07) is 13.3. The van der Waals surface area contributed by atoms with E-state index in [9.17, 15) is 9.90 Å². The number of anilines is 1. The molecule has 0 aliphatic carbocycles. The molecule has 0 fully saturated rings. The molecule has 0 unspecified atom stereocenters. The summed E-state index contributed by atoms with van der Waals surface area (Å²) in [4.78, 5) is 12.6. The fourth-order valence-electron chi connectivity index (χ4n) is 2.64. The molecule has 29 heavy (non-hydrogen) atoms. The minimum Gasteiger partial charge on any atom is -0.496 e. The number of methoxy groups -OCH3 is 1. The van der Waals surface area contributed by atoms with Crippen molar-refractivity contribution >= 4 is 34.8 Å². The van der Waals surface area contributed by atoms with Crippen molar-refractivity contribution in [3.63, 3.8) is 0 Å². The molecule has 1 atom stereocenters. The van der Waals surface area contributed by atoms with Gasteiger partial charge >= 0.3 is 0 Å². The van der Waals surface area contributed by atoms with Crippen molar-refractivity contribution in [1.29, 1.82) is 0 Å². The molecule has 0 saturated heterocycles. The van der Waals surface area contributed by atoms with Gasteiger partial charge in [0.05, 0.1) is 17.7 Å². The largest absolute Gasteiger partial charge is 0.496 e. The Morgan fingerprint density at radius 1 is 1.14 bits per heavy atom. The summed E-state index contributed by atoms with van der Waals surface area (Å²) in [6.07, 6.45) is -0.802. The van der Waals surface area contributed by atoms with Crippen molar-refractivity contribution in [1.82, 2.24) is 0 Å². The molecular formula is C21H19Cl2NO5. The van der Waals surface area contributed by atoms with E-state index in [1.165, 1.54) is 0 Å². The van der Waals surface area contributed by atoms with Gasteiger partial charge in [0.15, 0.2) is 6.10 Å². The summed E-state index contributed by atoms with van der Waals surface area (Å²) in [5.74, 6) is 1.51. The first-order valence-corrected chi connectivity index (χ1v) is 9.47. The Morgan fingerprint density at radius 2 is 1.90 bits per heavy atom. The van der Waals surface area contributed by atoms with Crippen LogP contribution in [0, 0.1) is 0 Å². The predicted molar refractivity (Wildman–Crippen MR) is 112 cm³/mol. The molecule has 8 heteroatoms. The number of rotatable bonds is 7. The lowest BCUT2D eigenvalue weighted by Crippen LogP contribution is -2.30. The van der Waals surface area contributed by atoms with E-state index in [0.717, 1.165) is 0 Å². The van der Waals surface area contributed by atoms with Crippen molar-refractivity contribution in [3.05, 3.63) is 64.3 Å². The Hall–Kier alpha value is -2.67. The minimum atomic E-state index is -0.802. The van der Waals surface area contributed by atoms with E-state index in [2.05, 4.69) is 5.32 Å². The molecule has 0 aliphatic rings. The molecule has 1 amide bonds. The topological polar surface area (TPSA) is 80.9 Å². The van der Waals surface area contributed by atoms with Crippen LogP contribution < -0.4 is 14.8 Å². The van der Waals surface area contributed by atoms with E-state index < -0.39 is 6.10 Å². The van der Waals surface area contributed by atoms with Gasteiger partial charge < -0.3 is 24.3 Å². The molecule has 3 aromatic rings. The Morgan fingerprint density at radius 3 is 2.55 bits per heavy atom. The first kappa shape index (κ1) is 21.0. The highest BCUT2D eigenvalue weighted by Gasteiger charge is 2.18. The second kappa shape index (κ2) is 9.22. The summed E-state index contributed by atoms with van der Waals surface area (Å²) in [6.45, 7) is 1.41. The van der Waals surface area contributed by atoms with Crippen LogP contribution in [-0.2, 0) is 11.4 Å². The van der Waals surface area contributed by atoms with Crippen molar-refractivity contribution in [2.24, 2.45) is 0 Å². The van der Waals surface area contributed by atoms with Crippen LogP contribution >= 0.6 is 23.2 Å². The van der Waals surface area contributed by atoms with Gasteiger partial charge in [-0.25, -0.2) is 0 Å². The van der Waals surface area contributed by atoms with Gasteiger partial charge in [0.25, 0.3) is 5.91 Å². The quantitative estimate of drug-likeness (QED) is 0.535. The molecule has 0 spiro atoms. The lowest BCUT2D eigenvalue weighted by molar-refractivity contribution is -0.122. The van der Waals surface area contributed by atoms with Crippen molar-refractivity contribution in [2.75, 3.05) is 12.4 Å². The third kappa shape index (κ3) is 5.03. The number of amides is 1. The van der Waals surface area contributed by atoms with Crippen molar-refractivity contribution in [3.8, 4) is 22.8 Å². The summed E-state index contributed by atoms with van der Waals surface area (Å²) in [7, 11) is 1.54. The van der Waals surface area contributed by atoms with E-state index in [4.69, 9.17) is 37.1 Å². The first-order chi connectivity index (χ1) is 13.9. The summed E-state index contributed by atoms with van der Waals surface area (Å²) >= 11 is 12.0. The molecule has 0 aliphatic heterocycles. The van der Waals surface area contributed by atoms with E-state index >= 15 is 0 Å². The molecule has 2 N–H and O–H groups in total. The molecule has 3 rings (SSSR count). The number of hydrogen-bond acceptors (Lipinski definition) is 5. The third-order valence-corrected chi connectivity index (χ3v) is 4.65. The standard InChI is InChI=1S/C21H19Cl2NO5/c1-12(28-20-6-3-13(22)9-17(20)23)21(26)24-14-4-7-18(27-2)16(10-14)19-8-5-15(11-25)29-19/h3-10,12,25H,11H2,1-2H3,(H,24,26)/t12-/m1/s1. The number of aliphatic hydroxyl groups is 1. The highest BCUT2D eigenvalue weighted by molar-refractivity contribution is 6.35. The van der Waals surface area contributed by atoms with Crippen LogP contribution in [0.3, 0.4) is 0 Å². The highest BCUT2D eigenvalue weighted by Crippen LogP contribution is 2.34. The van der Waals surface area contributed by atoms with E-state index in [0.29, 0.717) is 44.3 Å². The first-order valence-electron chi connectivity index (χ1n) is 8.72. The predicted octanol–water partition coefficient (Wildman–Crippen LogP) is 5.16. The van der Waals surface area contributed by atoms with Crippen LogP contribution in [0.1, 0.15) is 12.7 Å². The number of carbonyl (C=O) groups is 1. The van der Waals surface area contributed by atoms with Crippen LogP contribution in [0.25, 0.3) is 11.3 Å². The summed E-state index contributed by atoms with van der Waals surface area (Å²) in [5.41, 5.74) is 1.17. The Kier molecular flexibility index (Phi) is 6.69. The number of aliphatic hydroxyl groups excluding tert-OH is 1. The van der Waals surface area contributed by atoms with Crippen LogP contribution in [0.15, 0.2) is 52.9 Å². The number of benzene rings is 2. The molecule has 0 radical (unpaired) electrons. The molecule has 0 bridgehead atoms. The minimum absolute atomic E-state index is 0.207. The zero-order valence-corrected chi connectivity index (χ0v) is 17.3. The van der Waals surface area contributed by atoms with Gasteiger partial charge in [-0.1, -0.05) is 23.2 Å². The van der Waals surface area contributed by atoms with Gasteiger partial charge in [0, 0.05) is 10.7 Å². The van der Waals surface area contributed by atoms with Crippen LogP contribution in [0.4, 0.5) is 5.69 Å². The molecule has 2 aromatic carbocycles. The van der Waals surface area contributed by atoms with E-state index in [1.54, 1.807) is 62.6 Å². The normalized spacial score (nSPS) is 11.8. The second-order valence-corrected chi connectivity index (χ2v) is 7.01. The zero-order chi connectivity index (χ0) is 21.0. The van der Waals surface area contributed by atoms with Gasteiger partial charge in [-0.15, -0.1) is 0 Å². The number of furan rings is 1. The molecule has 1 heterocycles. The van der Waals surface area contributed by atoms with Gasteiger partial charge in [-0.05, 0) is 55.5 Å². The molecule has 152 valence electrons. The fraction of sp³-hybridized carbons (Fsp3) is 0.190. The summed E-state index contributed by atoms with van der Waals surface area (Å²) < 4.78 is 16.6. The van der Waals surface area contributed by atoms with Crippen molar-refractivity contribution in [2.45, 2.75) is 19.6 Å². The van der Waals surface area contributed by atoms with Gasteiger partial charge in [0.1, 0.15) is 29.6 Å². The van der Waals surface area contributed by atoms with Gasteiger partial charge in [-0.2, -0.15) is 0 Å². The van der Waals surface area contributed by atoms with Crippen LogP contribution in [-0.4, -0.2) is 24.2 Å². The zero-order valence-electron chi connectivity index (χ0n) is 15.7. The molecular weight excluding hydrogens is 417 g/mol. The molecule has 1 aromatic heterocycles. The average Bonchev–Trinajstić information content (AvgIpc) is 3.19. The molecule has 0 saturated carbocycles. The Labute approximate surface area is 178 Å². The second-order valence-electron chi connectivity index (χ2n) is 6.16. The maximum Gasteiger partial charge on any atom is 0.265 e. The highest BCUT2D eigenvalue weighted by atomic mass is 35.5. The SMILES string of the molecule is COc1ccc(NC(=O)[C@@H](C)Oc2ccc(Cl)cc2Cl)cc1-c1ccc(CO)o1. The Balaban J connectivity index is 1.76. The van der Waals surface area contributed by atoms with E-state index in [1.807, 2.05) is 0 Å². The van der Waals surface area contributed by atoms with Crippen LogP contribution in [0.2, 0.25) is 10.0 Å². The monoisotopic (exact) mass is 435 g/mol.